The Bertz CT molecular complexity index is 583. The van der Waals surface area contributed by atoms with Crippen molar-refractivity contribution in [3.8, 4) is 17.1 Å². The van der Waals surface area contributed by atoms with Gasteiger partial charge in [0.1, 0.15) is 17.3 Å². The molecular weight excluding hydrogens is 204 g/mol. The number of aryl methyl sites for hydroxylation is 1. The molecule has 0 aromatic heterocycles. The molecule has 1 aliphatic carbocycles. The summed E-state index contributed by atoms with van der Waals surface area (Å²) >= 11 is 0. The van der Waals surface area contributed by atoms with E-state index in [1.165, 1.54) is 6.07 Å². The van der Waals surface area contributed by atoms with E-state index < -0.39 is 0 Å². The van der Waals surface area contributed by atoms with Crippen molar-refractivity contribution < 1.29 is 9.15 Å². The number of ether oxygens (including phenoxy) is 1. The number of benzene rings is 1. The molecule has 1 atom stereocenters. The Morgan fingerprint density at radius 3 is 2.94 bits per heavy atom. The zero-order chi connectivity index (χ0) is 11.3. The SMILES string of the molecule is Cc1cc2c3c(cc(=O)cc-3o1)C[C@@H](C)O2. The van der Waals surface area contributed by atoms with Gasteiger partial charge in [-0.2, -0.15) is 0 Å². The minimum absolute atomic E-state index is 0.00287. The maximum atomic E-state index is 11.5. The zero-order valence-corrected chi connectivity index (χ0v) is 9.24. The third-order valence-electron chi connectivity index (χ3n) is 2.84. The van der Waals surface area contributed by atoms with Crippen LogP contribution in [0.3, 0.4) is 0 Å². The van der Waals surface area contributed by atoms with Gasteiger partial charge >= 0.3 is 0 Å². The smallest absolute Gasteiger partial charge is 0.182 e. The van der Waals surface area contributed by atoms with Crippen LogP contribution in [0.4, 0.5) is 0 Å². The normalized spacial score (nSPS) is 18.5. The van der Waals surface area contributed by atoms with Gasteiger partial charge in [0.2, 0.25) is 0 Å². The summed E-state index contributed by atoms with van der Waals surface area (Å²) in [6.45, 7) is 3.86. The first kappa shape index (κ1) is 9.46. The minimum Gasteiger partial charge on any atom is -0.489 e. The third kappa shape index (κ3) is 1.32. The van der Waals surface area contributed by atoms with Gasteiger partial charge in [-0.05, 0) is 25.5 Å². The van der Waals surface area contributed by atoms with Crippen molar-refractivity contribution in [2.45, 2.75) is 26.4 Å². The first-order valence-electron chi connectivity index (χ1n) is 5.37. The van der Waals surface area contributed by atoms with Gasteiger partial charge in [0.25, 0.3) is 0 Å². The van der Waals surface area contributed by atoms with Crippen LogP contribution in [0, 0.1) is 6.92 Å². The van der Waals surface area contributed by atoms with Crippen molar-refractivity contribution in [2.75, 3.05) is 0 Å². The second-order valence-corrected chi connectivity index (χ2v) is 4.31. The summed E-state index contributed by atoms with van der Waals surface area (Å²) in [6.07, 6.45) is 0.873. The maximum absolute atomic E-state index is 11.5. The Hall–Kier alpha value is -1.77. The van der Waals surface area contributed by atoms with E-state index in [4.69, 9.17) is 9.15 Å². The lowest BCUT2D eigenvalue weighted by atomic mass is 9.95. The van der Waals surface area contributed by atoms with E-state index in [-0.39, 0.29) is 11.5 Å². The molecule has 3 nitrogen and oxygen atoms in total. The third-order valence-corrected chi connectivity index (χ3v) is 2.84. The molecule has 0 saturated carbocycles. The molecule has 2 aliphatic heterocycles. The molecule has 0 unspecified atom stereocenters. The molecule has 16 heavy (non-hydrogen) atoms. The van der Waals surface area contributed by atoms with Gasteiger partial charge in [-0.25, -0.2) is 0 Å². The van der Waals surface area contributed by atoms with Gasteiger partial charge in [0, 0.05) is 18.6 Å². The average Bonchev–Trinajstić information content (AvgIpc) is 2.14. The van der Waals surface area contributed by atoms with Crippen molar-refractivity contribution in [3.63, 3.8) is 0 Å². The fourth-order valence-electron chi connectivity index (χ4n) is 2.29. The molecule has 3 heteroatoms. The van der Waals surface area contributed by atoms with Crippen LogP contribution in [0.1, 0.15) is 18.2 Å². The van der Waals surface area contributed by atoms with Gasteiger partial charge in [0.15, 0.2) is 5.43 Å². The molecule has 0 aromatic rings. The molecule has 0 N–H and O–H groups in total. The Morgan fingerprint density at radius 2 is 2.12 bits per heavy atom. The summed E-state index contributed by atoms with van der Waals surface area (Å²) in [5.74, 6) is 2.21. The Balaban J connectivity index is 2.41. The molecule has 0 aromatic carbocycles. The number of hydrogen-bond donors (Lipinski definition) is 0. The maximum Gasteiger partial charge on any atom is 0.182 e. The predicted octanol–water partition coefficient (Wildman–Crippen LogP) is 2.38. The van der Waals surface area contributed by atoms with E-state index in [2.05, 4.69) is 0 Å². The van der Waals surface area contributed by atoms with Crippen molar-refractivity contribution in [1.29, 1.82) is 0 Å². The van der Waals surface area contributed by atoms with Gasteiger partial charge < -0.3 is 9.15 Å². The van der Waals surface area contributed by atoms with E-state index >= 15 is 0 Å². The minimum atomic E-state index is -0.00287. The summed E-state index contributed by atoms with van der Waals surface area (Å²) in [7, 11) is 0. The largest absolute Gasteiger partial charge is 0.489 e. The van der Waals surface area contributed by atoms with E-state index in [1.54, 1.807) is 6.07 Å². The fraction of sp³-hybridized carbons (Fsp3) is 0.308. The molecule has 0 bridgehead atoms. The van der Waals surface area contributed by atoms with Crippen molar-refractivity contribution >= 4 is 0 Å². The van der Waals surface area contributed by atoms with Crippen LogP contribution in [-0.4, -0.2) is 6.10 Å². The summed E-state index contributed by atoms with van der Waals surface area (Å²) in [6, 6.07) is 5.08. The highest BCUT2D eigenvalue weighted by Crippen LogP contribution is 2.39. The van der Waals surface area contributed by atoms with Crippen LogP contribution in [-0.2, 0) is 6.42 Å². The summed E-state index contributed by atoms with van der Waals surface area (Å²) in [5.41, 5.74) is 1.97. The lowest BCUT2D eigenvalue weighted by molar-refractivity contribution is 0.212. The highest BCUT2D eigenvalue weighted by Gasteiger charge is 2.25. The second kappa shape index (κ2) is 3.11. The molecule has 0 radical (unpaired) electrons. The van der Waals surface area contributed by atoms with E-state index in [0.717, 1.165) is 29.1 Å². The van der Waals surface area contributed by atoms with Crippen molar-refractivity contribution in [1.82, 2.24) is 0 Å². The summed E-state index contributed by atoms with van der Waals surface area (Å²) in [4.78, 5) is 11.5. The van der Waals surface area contributed by atoms with Gasteiger partial charge in [-0.15, -0.1) is 0 Å². The molecule has 82 valence electrons. The lowest BCUT2D eigenvalue weighted by Crippen LogP contribution is -2.22. The topological polar surface area (TPSA) is 39.4 Å². The van der Waals surface area contributed by atoms with Crippen molar-refractivity contribution in [3.05, 3.63) is 39.7 Å². The standard InChI is InChI=1S/C13H12O3/c1-7-3-9-5-10(14)6-12-13(9)11(15-7)4-8(2)16-12/h4-7H,3H2,1-2H3/t7-/m1/s1. The highest BCUT2D eigenvalue weighted by atomic mass is 16.5. The molecular formula is C13H12O3. The summed E-state index contributed by atoms with van der Waals surface area (Å²) < 4.78 is 11.3. The number of rotatable bonds is 0. The lowest BCUT2D eigenvalue weighted by Gasteiger charge is -2.26. The quantitative estimate of drug-likeness (QED) is 0.678. The molecule has 0 fully saturated rings. The molecule has 0 spiro atoms. The first-order chi connectivity index (χ1) is 7.63. The highest BCUT2D eigenvalue weighted by molar-refractivity contribution is 5.72. The molecule has 3 rings (SSSR count). The second-order valence-electron chi connectivity index (χ2n) is 4.31. The van der Waals surface area contributed by atoms with Crippen LogP contribution in [0.5, 0.6) is 5.75 Å². The van der Waals surface area contributed by atoms with E-state index in [0.29, 0.717) is 5.76 Å². The molecule has 0 amide bonds. The summed E-state index contributed by atoms with van der Waals surface area (Å²) in [5, 5.41) is 0. The fourth-order valence-corrected chi connectivity index (χ4v) is 2.29. The average molecular weight is 216 g/mol. The van der Waals surface area contributed by atoms with Crippen LogP contribution in [0.25, 0.3) is 11.3 Å². The molecule has 0 saturated heterocycles. The van der Waals surface area contributed by atoms with Gasteiger partial charge in [-0.3, -0.25) is 4.79 Å². The van der Waals surface area contributed by atoms with Crippen molar-refractivity contribution in [2.24, 2.45) is 0 Å². The van der Waals surface area contributed by atoms with Crippen LogP contribution in [0.2, 0.25) is 0 Å². The number of hydrogen-bond acceptors (Lipinski definition) is 3. The van der Waals surface area contributed by atoms with E-state index in [9.17, 15) is 4.79 Å². The predicted molar refractivity (Wildman–Crippen MR) is 60.1 cm³/mol. The molecule has 2 heterocycles. The Labute approximate surface area is 93.0 Å². The monoisotopic (exact) mass is 216 g/mol. The van der Waals surface area contributed by atoms with Crippen LogP contribution >= 0.6 is 0 Å². The first-order valence-corrected chi connectivity index (χ1v) is 5.37. The Morgan fingerprint density at radius 1 is 1.31 bits per heavy atom. The van der Waals surface area contributed by atoms with Crippen LogP contribution < -0.4 is 10.2 Å². The van der Waals surface area contributed by atoms with Crippen LogP contribution in [0.15, 0.2) is 27.4 Å². The Kier molecular flexibility index (Phi) is 1.84. The zero-order valence-electron chi connectivity index (χ0n) is 9.24. The van der Waals surface area contributed by atoms with E-state index in [1.807, 2.05) is 19.9 Å². The van der Waals surface area contributed by atoms with Gasteiger partial charge in [-0.1, -0.05) is 0 Å². The van der Waals surface area contributed by atoms with Gasteiger partial charge in [0.05, 0.1) is 11.7 Å². The molecule has 3 aliphatic rings.